The number of aromatic nitrogens is 2. The normalized spacial score (nSPS) is 20.0. The highest BCUT2D eigenvalue weighted by Crippen LogP contribution is 2.34. The van der Waals surface area contributed by atoms with Gasteiger partial charge in [-0.05, 0) is 80.6 Å². The lowest BCUT2D eigenvalue weighted by Crippen LogP contribution is -2.47. The third-order valence-corrected chi connectivity index (χ3v) is 8.05. The van der Waals surface area contributed by atoms with Crippen molar-refractivity contribution in [2.75, 3.05) is 13.1 Å². The first-order chi connectivity index (χ1) is 19.9. The Morgan fingerprint density at radius 1 is 0.976 bits per heavy atom. The van der Waals surface area contributed by atoms with Gasteiger partial charge in [-0.2, -0.15) is 10.1 Å². The van der Waals surface area contributed by atoms with Crippen LogP contribution in [-0.4, -0.2) is 51.1 Å². The molecule has 7 nitrogen and oxygen atoms in total. The zero-order valence-electron chi connectivity index (χ0n) is 23.4. The molecule has 41 heavy (non-hydrogen) atoms. The molecule has 1 saturated heterocycles. The molecule has 0 aliphatic carbocycles. The molecule has 3 heterocycles. The number of aryl methyl sites for hydroxylation is 1. The molecule has 6 rings (SSSR count). The minimum atomic E-state index is -0.227. The van der Waals surface area contributed by atoms with E-state index in [1.165, 1.54) is 17.3 Å². The van der Waals surface area contributed by atoms with Crippen LogP contribution >= 0.6 is 11.8 Å². The Kier molecular flexibility index (Phi) is 7.76. The number of carbonyl (C=O) groups is 1. The number of morpholine rings is 1. The van der Waals surface area contributed by atoms with Crippen molar-refractivity contribution in [3.8, 4) is 22.7 Å². The molecule has 3 aromatic carbocycles. The molecule has 2 aliphatic heterocycles. The van der Waals surface area contributed by atoms with Crippen molar-refractivity contribution in [3.63, 3.8) is 0 Å². The first kappa shape index (κ1) is 27.1. The van der Waals surface area contributed by atoms with Crippen LogP contribution < -0.4 is 4.74 Å². The number of carbonyl (C=O) groups excluding carboxylic acids is 1. The quantitative estimate of drug-likeness (QED) is 0.249. The van der Waals surface area contributed by atoms with Crippen LogP contribution in [0.3, 0.4) is 0 Å². The molecule has 208 valence electrons. The van der Waals surface area contributed by atoms with Crippen molar-refractivity contribution in [2.24, 2.45) is 4.99 Å². The predicted octanol–water partition coefficient (Wildman–Crippen LogP) is 6.51. The Bertz CT molecular complexity index is 1580. The maximum absolute atomic E-state index is 13.0. The average molecular weight is 565 g/mol. The van der Waals surface area contributed by atoms with E-state index in [1.54, 1.807) is 0 Å². The number of nitrogens with zero attached hydrogens (tertiary/aromatic N) is 4. The molecule has 1 aromatic heterocycles. The molecule has 2 aliphatic rings. The summed E-state index contributed by atoms with van der Waals surface area (Å²) in [6, 6.07) is 26.2. The zero-order chi connectivity index (χ0) is 28.3. The van der Waals surface area contributed by atoms with Gasteiger partial charge < -0.3 is 14.4 Å². The standard InChI is InChI=1S/C33H32N4O3S/c1-22-9-11-25(12-10-22)21-39-29-15-13-26(14-16-29)31-27(20-37(35-31)28-7-5-4-6-8-28)17-30-32(38)34-33(41-30)36-18-23(2)40-24(3)19-36/h4-17,20,23-24H,18-19,21H2,1-3H3. The summed E-state index contributed by atoms with van der Waals surface area (Å²) in [7, 11) is 0. The van der Waals surface area contributed by atoms with Gasteiger partial charge in [0.1, 0.15) is 12.4 Å². The largest absolute Gasteiger partial charge is 0.489 e. The molecule has 2 atom stereocenters. The van der Waals surface area contributed by atoms with Crippen LogP contribution in [0.4, 0.5) is 0 Å². The van der Waals surface area contributed by atoms with E-state index in [0.717, 1.165) is 39.0 Å². The lowest BCUT2D eigenvalue weighted by Gasteiger charge is -2.35. The summed E-state index contributed by atoms with van der Waals surface area (Å²) >= 11 is 1.42. The van der Waals surface area contributed by atoms with Crippen molar-refractivity contribution in [1.29, 1.82) is 0 Å². The van der Waals surface area contributed by atoms with E-state index in [-0.39, 0.29) is 18.1 Å². The van der Waals surface area contributed by atoms with Crippen molar-refractivity contribution in [1.82, 2.24) is 14.7 Å². The van der Waals surface area contributed by atoms with Gasteiger partial charge in [-0.15, -0.1) is 0 Å². The van der Waals surface area contributed by atoms with Gasteiger partial charge in [-0.25, -0.2) is 4.68 Å². The third kappa shape index (κ3) is 6.29. The molecule has 0 saturated carbocycles. The van der Waals surface area contributed by atoms with Crippen molar-refractivity contribution in [3.05, 3.63) is 107 Å². The van der Waals surface area contributed by atoms with Crippen LogP contribution in [0.15, 0.2) is 95.0 Å². The summed E-state index contributed by atoms with van der Waals surface area (Å²) in [5.74, 6) is 0.556. The van der Waals surface area contributed by atoms with E-state index in [4.69, 9.17) is 14.6 Å². The second-order valence-corrected chi connectivity index (χ2v) is 11.5. The van der Waals surface area contributed by atoms with Crippen LogP contribution in [0, 0.1) is 6.92 Å². The summed E-state index contributed by atoms with van der Waals surface area (Å²) in [6.07, 6.45) is 4.04. The zero-order valence-corrected chi connectivity index (χ0v) is 24.2. The number of rotatable bonds is 6. The van der Waals surface area contributed by atoms with E-state index in [2.05, 4.69) is 41.1 Å². The van der Waals surface area contributed by atoms with E-state index in [0.29, 0.717) is 24.6 Å². The highest BCUT2D eigenvalue weighted by atomic mass is 32.2. The number of benzene rings is 3. The maximum Gasteiger partial charge on any atom is 0.286 e. The predicted molar refractivity (Wildman–Crippen MR) is 164 cm³/mol. The summed E-state index contributed by atoms with van der Waals surface area (Å²) in [4.78, 5) is 20.1. The number of thioether (sulfide) groups is 1. The number of hydrogen-bond donors (Lipinski definition) is 0. The molecular weight excluding hydrogens is 532 g/mol. The Morgan fingerprint density at radius 2 is 1.68 bits per heavy atom. The van der Waals surface area contributed by atoms with Gasteiger partial charge in [0.15, 0.2) is 5.17 Å². The maximum atomic E-state index is 13.0. The number of aliphatic imine (C=N–C) groups is 1. The molecule has 2 unspecified atom stereocenters. The molecule has 4 aromatic rings. The fraction of sp³-hybridized carbons (Fsp3) is 0.242. The van der Waals surface area contributed by atoms with Crippen LogP contribution in [0.1, 0.15) is 30.5 Å². The molecule has 0 bridgehead atoms. The highest BCUT2D eigenvalue weighted by Gasteiger charge is 2.31. The van der Waals surface area contributed by atoms with Gasteiger partial charge in [-0.1, -0.05) is 48.0 Å². The van der Waals surface area contributed by atoms with Crippen LogP contribution in [0.25, 0.3) is 23.0 Å². The smallest absolute Gasteiger partial charge is 0.286 e. The lowest BCUT2D eigenvalue weighted by atomic mass is 10.1. The Labute approximate surface area is 244 Å². The summed E-state index contributed by atoms with van der Waals surface area (Å²) in [5.41, 5.74) is 5.85. The molecule has 8 heteroatoms. The molecule has 0 N–H and O–H groups in total. The van der Waals surface area contributed by atoms with Gasteiger partial charge in [-0.3, -0.25) is 4.79 Å². The number of ether oxygens (including phenoxy) is 2. The first-order valence-corrected chi connectivity index (χ1v) is 14.6. The third-order valence-electron chi connectivity index (χ3n) is 7.00. The Balaban J connectivity index is 1.26. The van der Waals surface area contributed by atoms with Crippen LogP contribution in [0.5, 0.6) is 5.75 Å². The molecule has 0 radical (unpaired) electrons. The van der Waals surface area contributed by atoms with Crippen molar-refractivity contribution in [2.45, 2.75) is 39.6 Å². The summed E-state index contributed by atoms with van der Waals surface area (Å²) < 4.78 is 13.7. The number of amidine groups is 1. The molecular formula is C33H32N4O3S. The van der Waals surface area contributed by atoms with E-state index in [1.807, 2.05) is 85.4 Å². The van der Waals surface area contributed by atoms with Gasteiger partial charge >= 0.3 is 0 Å². The second kappa shape index (κ2) is 11.8. The SMILES string of the molecule is Cc1ccc(COc2ccc(-c3nn(-c4ccccc4)cc3C=C3SC(N4CC(C)OC(C)C4)=NC3=O)cc2)cc1. The van der Waals surface area contributed by atoms with Gasteiger partial charge in [0.25, 0.3) is 5.91 Å². The number of amides is 1. The molecule has 1 fully saturated rings. The fourth-order valence-electron chi connectivity index (χ4n) is 5.00. The van der Waals surface area contributed by atoms with E-state index >= 15 is 0 Å². The Hall–Kier alpha value is -4.14. The minimum absolute atomic E-state index is 0.0877. The van der Waals surface area contributed by atoms with Gasteiger partial charge in [0.05, 0.1) is 28.5 Å². The van der Waals surface area contributed by atoms with E-state index < -0.39 is 0 Å². The average Bonchev–Trinajstić information content (AvgIpc) is 3.57. The summed E-state index contributed by atoms with van der Waals surface area (Å²) in [5, 5.41) is 5.66. The molecule has 1 amide bonds. The van der Waals surface area contributed by atoms with Crippen molar-refractivity contribution >= 4 is 28.9 Å². The van der Waals surface area contributed by atoms with Crippen LogP contribution in [-0.2, 0) is 16.1 Å². The fourth-order valence-corrected chi connectivity index (χ4v) is 5.92. The number of para-hydroxylation sites is 1. The first-order valence-electron chi connectivity index (χ1n) is 13.8. The highest BCUT2D eigenvalue weighted by molar-refractivity contribution is 8.18. The molecule has 0 spiro atoms. The van der Waals surface area contributed by atoms with Gasteiger partial charge in [0.2, 0.25) is 0 Å². The topological polar surface area (TPSA) is 68.9 Å². The van der Waals surface area contributed by atoms with Gasteiger partial charge in [0, 0.05) is 30.4 Å². The van der Waals surface area contributed by atoms with E-state index in [9.17, 15) is 4.79 Å². The number of hydrogen-bond acceptors (Lipinski definition) is 6. The second-order valence-electron chi connectivity index (χ2n) is 10.5. The summed E-state index contributed by atoms with van der Waals surface area (Å²) in [6.45, 7) is 8.10. The lowest BCUT2D eigenvalue weighted by molar-refractivity contribution is -0.113. The minimum Gasteiger partial charge on any atom is -0.489 e. The van der Waals surface area contributed by atoms with Crippen molar-refractivity contribution < 1.29 is 14.3 Å². The Morgan fingerprint density at radius 3 is 2.39 bits per heavy atom. The van der Waals surface area contributed by atoms with Crippen LogP contribution in [0.2, 0.25) is 0 Å². The monoisotopic (exact) mass is 564 g/mol.